The van der Waals surface area contributed by atoms with Crippen LogP contribution in [0.15, 0.2) is 53.4 Å². The summed E-state index contributed by atoms with van der Waals surface area (Å²) in [7, 11) is 0. The number of carbonyl (C=O) groups is 1. The summed E-state index contributed by atoms with van der Waals surface area (Å²) in [5.74, 6) is -0.0259. The SMILES string of the molecule is Cc1ccc(-c2noc([C@H]3C[C@@H]3F)n2)cc1NC(=O)c1cnn2ccc(-c3cn(C45CC(F)(C4)C5)nn3)cc12. The molecule has 0 spiro atoms. The Kier molecular flexibility index (Phi) is 4.36. The molecule has 4 aliphatic carbocycles. The van der Waals surface area contributed by atoms with Gasteiger partial charge in [0.25, 0.3) is 5.91 Å². The van der Waals surface area contributed by atoms with Crippen LogP contribution in [0.5, 0.6) is 0 Å². The number of fused-ring (bicyclic) bond motifs is 1. The van der Waals surface area contributed by atoms with E-state index >= 15 is 0 Å². The molecule has 10 nitrogen and oxygen atoms in total. The van der Waals surface area contributed by atoms with Crippen molar-refractivity contribution in [2.24, 2.45) is 0 Å². The smallest absolute Gasteiger partial charge is 0.259 e. The van der Waals surface area contributed by atoms with Crippen molar-refractivity contribution in [3.8, 4) is 22.6 Å². The molecule has 5 aromatic rings. The number of hydrogen-bond donors (Lipinski definition) is 1. The lowest BCUT2D eigenvalue weighted by molar-refractivity contribution is -0.204. The van der Waals surface area contributed by atoms with Crippen molar-refractivity contribution in [1.29, 1.82) is 0 Å². The van der Waals surface area contributed by atoms with E-state index in [9.17, 15) is 13.6 Å². The second-order valence-corrected chi connectivity index (χ2v) is 11.1. The second kappa shape index (κ2) is 7.55. The predicted molar refractivity (Wildman–Crippen MR) is 135 cm³/mol. The Morgan fingerprint density at radius 1 is 1.18 bits per heavy atom. The average molecular weight is 529 g/mol. The van der Waals surface area contributed by atoms with E-state index in [1.165, 1.54) is 6.20 Å². The first-order chi connectivity index (χ1) is 18.8. The molecule has 0 radical (unpaired) electrons. The molecule has 4 aromatic heterocycles. The Labute approximate surface area is 220 Å². The number of nitrogens with zero attached hydrogens (tertiary/aromatic N) is 7. The molecule has 2 bridgehead atoms. The summed E-state index contributed by atoms with van der Waals surface area (Å²) in [6.07, 6.45) is 6.06. The molecule has 4 saturated carbocycles. The van der Waals surface area contributed by atoms with Crippen LogP contribution in [0.2, 0.25) is 0 Å². The number of benzene rings is 1. The van der Waals surface area contributed by atoms with Crippen molar-refractivity contribution in [2.75, 3.05) is 5.32 Å². The molecular formula is C27H22F2N8O2. The van der Waals surface area contributed by atoms with Gasteiger partial charge in [0.05, 0.1) is 34.9 Å². The van der Waals surface area contributed by atoms with Crippen molar-refractivity contribution >= 4 is 17.1 Å². The molecule has 0 unspecified atom stereocenters. The number of anilines is 1. The summed E-state index contributed by atoms with van der Waals surface area (Å²) in [6.45, 7) is 1.88. The number of carbonyl (C=O) groups excluding carboxylic acids is 1. The third-order valence-corrected chi connectivity index (χ3v) is 8.19. The number of nitrogens with one attached hydrogen (secondary N) is 1. The summed E-state index contributed by atoms with van der Waals surface area (Å²) >= 11 is 0. The van der Waals surface area contributed by atoms with Crippen LogP contribution < -0.4 is 5.32 Å². The Morgan fingerprint density at radius 3 is 2.77 bits per heavy atom. The van der Waals surface area contributed by atoms with E-state index in [1.807, 2.05) is 37.4 Å². The fourth-order valence-corrected chi connectivity index (χ4v) is 5.81. The average Bonchev–Trinajstić information content (AvgIpc) is 3.34. The normalized spacial score (nSPS) is 26.7. The topological polar surface area (TPSA) is 116 Å². The van der Waals surface area contributed by atoms with Gasteiger partial charge in [0, 0.05) is 42.3 Å². The van der Waals surface area contributed by atoms with Gasteiger partial charge >= 0.3 is 0 Å². The van der Waals surface area contributed by atoms with Crippen molar-refractivity contribution in [1.82, 2.24) is 34.7 Å². The highest BCUT2D eigenvalue weighted by molar-refractivity contribution is 6.09. The van der Waals surface area contributed by atoms with Gasteiger partial charge in [0.1, 0.15) is 17.5 Å². The van der Waals surface area contributed by atoms with E-state index in [0.29, 0.717) is 65.4 Å². The third-order valence-electron chi connectivity index (χ3n) is 8.19. The van der Waals surface area contributed by atoms with Gasteiger partial charge in [-0.1, -0.05) is 22.5 Å². The van der Waals surface area contributed by atoms with E-state index in [1.54, 1.807) is 21.5 Å². The first kappa shape index (κ1) is 22.5. The third kappa shape index (κ3) is 3.43. The Hall–Kier alpha value is -4.48. The van der Waals surface area contributed by atoms with Crippen LogP contribution in [0.1, 0.15) is 53.4 Å². The first-order valence-electron chi connectivity index (χ1n) is 12.8. The zero-order valence-corrected chi connectivity index (χ0v) is 20.8. The number of aromatic nitrogens is 7. The van der Waals surface area contributed by atoms with E-state index in [4.69, 9.17) is 4.52 Å². The van der Waals surface area contributed by atoms with Gasteiger partial charge < -0.3 is 9.84 Å². The van der Waals surface area contributed by atoms with Crippen LogP contribution in [0.4, 0.5) is 14.5 Å². The minimum Gasteiger partial charge on any atom is -0.339 e. The quantitative estimate of drug-likeness (QED) is 0.342. The molecular weight excluding hydrogens is 506 g/mol. The van der Waals surface area contributed by atoms with Crippen LogP contribution in [0, 0.1) is 6.92 Å². The number of pyridine rings is 1. The van der Waals surface area contributed by atoms with Gasteiger partial charge in [-0.05, 0) is 37.1 Å². The summed E-state index contributed by atoms with van der Waals surface area (Å²) in [6, 6.07) is 9.14. The van der Waals surface area contributed by atoms with E-state index < -0.39 is 11.8 Å². The number of amides is 1. The molecule has 4 fully saturated rings. The molecule has 1 aromatic carbocycles. The monoisotopic (exact) mass is 528 g/mol. The van der Waals surface area contributed by atoms with E-state index in [2.05, 4.69) is 30.9 Å². The molecule has 0 aliphatic heterocycles. The number of halogens is 2. The molecule has 1 amide bonds. The van der Waals surface area contributed by atoms with Crippen LogP contribution in [0.3, 0.4) is 0 Å². The van der Waals surface area contributed by atoms with Gasteiger partial charge in [-0.15, -0.1) is 5.10 Å². The molecule has 0 saturated heterocycles. The second-order valence-electron chi connectivity index (χ2n) is 11.1. The van der Waals surface area contributed by atoms with Crippen molar-refractivity contribution in [3.05, 3.63) is 65.9 Å². The Balaban J connectivity index is 1.06. The minimum atomic E-state index is -1.02. The molecule has 12 heteroatoms. The van der Waals surface area contributed by atoms with Gasteiger partial charge in [0.15, 0.2) is 0 Å². The zero-order chi connectivity index (χ0) is 26.5. The highest BCUT2D eigenvalue weighted by atomic mass is 19.1. The number of rotatable bonds is 6. The van der Waals surface area contributed by atoms with Crippen molar-refractivity contribution in [2.45, 2.75) is 55.9 Å². The predicted octanol–water partition coefficient (Wildman–Crippen LogP) is 4.63. The lowest BCUT2D eigenvalue weighted by Gasteiger charge is -2.64. The lowest BCUT2D eigenvalue weighted by Crippen LogP contribution is -2.70. The molecule has 1 N–H and O–H groups in total. The summed E-state index contributed by atoms with van der Waals surface area (Å²) in [5, 5.41) is 19.8. The zero-order valence-electron chi connectivity index (χ0n) is 20.8. The number of hydrogen-bond acceptors (Lipinski definition) is 7. The van der Waals surface area contributed by atoms with Gasteiger partial charge in [-0.25, -0.2) is 18.0 Å². The molecule has 196 valence electrons. The molecule has 9 rings (SSSR count). The highest BCUT2D eigenvalue weighted by Gasteiger charge is 2.71. The summed E-state index contributed by atoms with van der Waals surface area (Å²) in [5.41, 5.74) is 3.24. The molecule has 2 atom stereocenters. The standard InChI is InChI=1S/C27H22F2N8O2/c1-14-2-3-16(23-32-25(39-34-23)17-8-19(17)28)6-20(14)31-24(38)18-9-30-36-5-4-15(7-22(18)36)21-10-37(35-33-21)27-11-26(29,12-27)13-27/h2-7,9-10,17,19H,8,11-13H2,1H3,(H,31,38)/t17-,19-,26?,27?/m0/s1. The van der Waals surface area contributed by atoms with Crippen molar-refractivity contribution in [3.63, 3.8) is 0 Å². The Morgan fingerprint density at radius 2 is 2.00 bits per heavy atom. The van der Waals surface area contributed by atoms with Crippen molar-refractivity contribution < 1.29 is 18.1 Å². The molecule has 4 aliphatic rings. The van der Waals surface area contributed by atoms with Crippen LogP contribution in [-0.4, -0.2) is 52.5 Å². The molecule has 39 heavy (non-hydrogen) atoms. The summed E-state index contributed by atoms with van der Waals surface area (Å²) in [4.78, 5) is 17.7. The minimum absolute atomic E-state index is 0.241. The molecule has 4 heterocycles. The summed E-state index contributed by atoms with van der Waals surface area (Å²) < 4.78 is 36.0. The van der Waals surface area contributed by atoms with E-state index in [-0.39, 0.29) is 17.4 Å². The fraction of sp³-hybridized carbons (Fsp3) is 0.333. The maximum Gasteiger partial charge on any atom is 0.259 e. The first-order valence-corrected chi connectivity index (χ1v) is 12.8. The maximum absolute atomic E-state index is 14.0. The van der Waals surface area contributed by atoms with Crippen LogP contribution in [-0.2, 0) is 5.54 Å². The van der Waals surface area contributed by atoms with Gasteiger partial charge in [0.2, 0.25) is 11.7 Å². The number of alkyl halides is 2. The van der Waals surface area contributed by atoms with E-state index in [0.717, 1.165) is 11.1 Å². The highest BCUT2D eigenvalue weighted by Crippen LogP contribution is 2.67. The van der Waals surface area contributed by atoms with Crippen LogP contribution in [0.25, 0.3) is 28.2 Å². The van der Waals surface area contributed by atoms with Crippen LogP contribution >= 0.6 is 0 Å². The fourth-order valence-electron chi connectivity index (χ4n) is 5.81. The maximum atomic E-state index is 14.0. The van der Waals surface area contributed by atoms with Gasteiger partial charge in [-0.3, -0.25) is 4.79 Å². The largest absolute Gasteiger partial charge is 0.339 e. The number of aryl methyl sites for hydroxylation is 1. The van der Waals surface area contributed by atoms with Gasteiger partial charge in [-0.2, -0.15) is 10.1 Å². The Bertz CT molecular complexity index is 1790. The lowest BCUT2D eigenvalue weighted by atomic mass is 9.47.